The number of benzene rings is 1. The number of hydrogen-bond donors (Lipinski definition) is 2. The number of amides is 4. The first-order valence-corrected chi connectivity index (χ1v) is 9.61. The summed E-state index contributed by atoms with van der Waals surface area (Å²) in [5.74, 6) is -0.829. The topological polar surface area (TPSA) is 108 Å². The van der Waals surface area contributed by atoms with Gasteiger partial charge in [-0.1, -0.05) is 6.07 Å². The summed E-state index contributed by atoms with van der Waals surface area (Å²) in [5.41, 5.74) is 0.739. The van der Waals surface area contributed by atoms with Crippen LogP contribution < -0.4 is 15.5 Å². The molecule has 2 aliphatic heterocycles. The van der Waals surface area contributed by atoms with E-state index < -0.39 is 17.7 Å². The summed E-state index contributed by atoms with van der Waals surface area (Å²) in [6, 6.07) is 6.68. The molecule has 2 N–H and O–H groups in total. The molecule has 2 heterocycles. The molecule has 1 aromatic carbocycles. The second kappa shape index (κ2) is 8.10. The molecule has 9 heteroatoms. The molecule has 0 spiro atoms. The van der Waals surface area contributed by atoms with E-state index in [0.717, 1.165) is 0 Å². The van der Waals surface area contributed by atoms with Gasteiger partial charge in [0, 0.05) is 30.9 Å². The van der Waals surface area contributed by atoms with Crippen molar-refractivity contribution >= 4 is 35.2 Å². The van der Waals surface area contributed by atoms with E-state index in [4.69, 9.17) is 4.74 Å². The minimum atomic E-state index is -0.618. The lowest BCUT2D eigenvalue weighted by molar-refractivity contribution is -0.133. The van der Waals surface area contributed by atoms with E-state index in [-0.39, 0.29) is 30.7 Å². The fourth-order valence-corrected chi connectivity index (χ4v) is 3.22. The van der Waals surface area contributed by atoms with E-state index in [1.165, 1.54) is 4.90 Å². The van der Waals surface area contributed by atoms with Crippen LogP contribution in [0.4, 0.5) is 16.2 Å². The van der Waals surface area contributed by atoms with Crippen LogP contribution in [-0.4, -0.2) is 60.0 Å². The van der Waals surface area contributed by atoms with Crippen LogP contribution in [0, 0.1) is 0 Å². The van der Waals surface area contributed by atoms with Crippen molar-refractivity contribution in [2.75, 3.05) is 29.9 Å². The summed E-state index contributed by atoms with van der Waals surface area (Å²) in [6.45, 7) is 6.00. The maximum absolute atomic E-state index is 12.6. The monoisotopic (exact) mass is 402 g/mol. The van der Waals surface area contributed by atoms with Crippen molar-refractivity contribution in [1.29, 1.82) is 0 Å². The number of ether oxygens (including phenoxy) is 1. The zero-order valence-corrected chi connectivity index (χ0v) is 16.9. The average molecular weight is 402 g/mol. The van der Waals surface area contributed by atoms with E-state index >= 15 is 0 Å². The number of carbonyl (C=O) groups is 4. The molecule has 0 bridgehead atoms. The van der Waals surface area contributed by atoms with Gasteiger partial charge in [0.15, 0.2) is 0 Å². The Hall–Kier alpha value is -3.10. The van der Waals surface area contributed by atoms with Crippen molar-refractivity contribution in [1.82, 2.24) is 10.2 Å². The molecule has 0 saturated carbocycles. The lowest BCUT2D eigenvalue weighted by Crippen LogP contribution is -2.53. The average Bonchev–Trinajstić information content (AvgIpc) is 2.63. The predicted octanol–water partition coefficient (Wildman–Crippen LogP) is 1.49. The molecule has 29 heavy (non-hydrogen) atoms. The van der Waals surface area contributed by atoms with Crippen molar-refractivity contribution in [2.45, 2.75) is 45.3 Å². The minimum Gasteiger partial charge on any atom is -0.444 e. The molecule has 3 rings (SSSR count). The summed E-state index contributed by atoms with van der Waals surface area (Å²) in [5, 5.41) is 5.42. The van der Waals surface area contributed by atoms with E-state index in [2.05, 4.69) is 10.6 Å². The summed E-state index contributed by atoms with van der Waals surface area (Å²) in [4.78, 5) is 51.0. The van der Waals surface area contributed by atoms with E-state index in [9.17, 15) is 19.2 Å². The number of imide groups is 1. The summed E-state index contributed by atoms with van der Waals surface area (Å²) >= 11 is 0. The van der Waals surface area contributed by atoms with Crippen molar-refractivity contribution in [3.63, 3.8) is 0 Å². The Balaban J connectivity index is 1.64. The number of anilines is 2. The molecule has 1 unspecified atom stereocenters. The van der Waals surface area contributed by atoms with Gasteiger partial charge in [-0.15, -0.1) is 0 Å². The Kier molecular flexibility index (Phi) is 5.76. The summed E-state index contributed by atoms with van der Waals surface area (Å²) in [6.07, 6.45) is 0.204. The number of carbonyl (C=O) groups excluding carboxylic acids is 4. The Morgan fingerprint density at radius 2 is 1.97 bits per heavy atom. The van der Waals surface area contributed by atoms with Gasteiger partial charge in [0.25, 0.3) is 0 Å². The molecule has 2 saturated heterocycles. The van der Waals surface area contributed by atoms with Crippen LogP contribution in [0.15, 0.2) is 24.3 Å². The summed E-state index contributed by atoms with van der Waals surface area (Å²) in [7, 11) is 0. The second-order valence-corrected chi connectivity index (χ2v) is 8.15. The first-order chi connectivity index (χ1) is 13.6. The number of piperazine rings is 1. The Morgan fingerprint density at radius 3 is 2.62 bits per heavy atom. The van der Waals surface area contributed by atoms with Crippen LogP contribution in [-0.2, 0) is 19.1 Å². The first kappa shape index (κ1) is 20.6. The Labute approximate surface area is 169 Å². The molecule has 1 atom stereocenters. The first-order valence-electron chi connectivity index (χ1n) is 9.61. The molecular formula is C20H26N4O5. The van der Waals surface area contributed by atoms with Crippen molar-refractivity contribution in [3.05, 3.63) is 24.3 Å². The number of nitrogens with zero attached hydrogens (tertiary/aromatic N) is 2. The molecule has 1 aromatic rings. The lowest BCUT2D eigenvalue weighted by Gasteiger charge is -2.35. The maximum Gasteiger partial charge on any atom is 0.410 e. The zero-order valence-electron chi connectivity index (χ0n) is 16.9. The van der Waals surface area contributed by atoms with Crippen molar-refractivity contribution in [2.24, 2.45) is 0 Å². The molecule has 0 radical (unpaired) electrons. The van der Waals surface area contributed by atoms with Gasteiger partial charge in [0.1, 0.15) is 18.2 Å². The van der Waals surface area contributed by atoms with Gasteiger partial charge in [-0.3, -0.25) is 24.6 Å². The van der Waals surface area contributed by atoms with Gasteiger partial charge in [-0.25, -0.2) is 4.79 Å². The normalized spacial score (nSPS) is 20.4. The number of rotatable bonds is 3. The van der Waals surface area contributed by atoms with Crippen LogP contribution in [0.2, 0.25) is 0 Å². The lowest BCUT2D eigenvalue weighted by atomic mass is 10.1. The van der Waals surface area contributed by atoms with Gasteiger partial charge < -0.3 is 15.0 Å². The van der Waals surface area contributed by atoms with E-state index in [1.54, 1.807) is 49.9 Å². The highest BCUT2D eigenvalue weighted by Gasteiger charge is 2.31. The fourth-order valence-electron chi connectivity index (χ4n) is 3.22. The standard InChI is InChI=1S/C20H26N4O5/c1-20(2,3)29-19(28)23-9-10-24(17(26)12-23)14-6-4-5-13(11-14)21-15-7-8-16(25)22-18(15)27/h4-6,11,15,21H,7-10,12H2,1-3H3,(H,22,25,27). The van der Waals surface area contributed by atoms with Gasteiger partial charge >= 0.3 is 6.09 Å². The molecular weight excluding hydrogens is 376 g/mol. The molecule has 4 amide bonds. The third kappa shape index (κ3) is 5.24. The molecule has 2 fully saturated rings. The Bertz CT molecular complexity index is 832. The van der Waals surface area contributed by atoms with Gasteiger partial charge in [0.2, 0.25) is 17.7 Å². The molecule has 2 aliphatic rings. The number of piperidine rings is 1. The highest BCUT2D eigenvalue weighted by molar-refractivity contribution is 6.01. The molecule has 156 valence electrons. The van der Waals surface area contributed by atoms with Gasteiger partial charge in [-0.05, 0) is 45.4 Å². The second-order valence-electron chi connectivity index (χ2n) is 8.15. The van der Waals surface area contributed by atoms with Crippen molar-refractivity contribution in [3.8, 4) is 0 Å². The van der Waals surface area contributed by atoms with Crippen LogP contribution in [0.3, 0.4) is 0 Å². The highest BCUT2D eigenvalue weighted by Crippen LogP contribution is 2.23. The van der Waals surface area contributed by atoms with Crippen LogP contribution in [0.5, 0.6) is 0 Å². The van der Waals surface area contributed by atoms with E-state index in [1.807, 2.05) is 0 Å². The highest BCUT2D eigenvalue weighted by atomic mass is 16.6. The third-order valence-electron chi connectivity index (χ3n) is 4.61. The van der Waals surface area contributed by atoms with Gasteiger partial charge in [-0.2, -0.15) is 0 Å². The van der Waals surface area contributed by atoms with Crippen LogP contribution >= 0.6 is 0 Å². The third-order valence-corrected chi connectivity index (χ3v) is 4.61. The molecule has 0 aromatic heterocycles. The smallest absolute Gasteiger partial charge is 0.410 e. The van der Waals surface area contributed by atoms with E-state index in [0.29, 0.717) is 30.9 Å². The van der Waals surface area contributed by atoms with Gasteiger partial charge in [0.05, 0.1) is 0 Å². The SMILES string of the molecule is CC(C)(C)OC(=O)N1CCN(c2cccc(NC3CCC(=O)NC3=O)c2)C(=O)C1. The van der Waals surface area contributed by atoms with Crippen molar-refractivity contribution < 1.29 is 23.9 Å². The summed E-state index contributed by atoms with van der Waals surface area (Å²) < 4.78 is 5.33. The molecule has 0 aliphatic carbocycles. The number of hydrogen-bond acceptors (Lipinski definition) is 6. The fraction of sp³-hybridized carbons (Fsp3) is 0.500. The maximum atomic E-state index is 12.6. The minimum absolute atomic E-state index is 0.0558. The largest absolute Gasteiger partial charge is 0.444 e. The van der Waals surface area contributed by atoms with Crippen LogP contribution in [0.1, 0.15) is 33.6 Å². The predicted molar refractivity (Wildman–Crippen MR) is 106 cm³/mol. The Morgan fingerprint density at radius 1 is 1.21 bits per heavy atom. The van der Waals surface area contributed by atoms with Crippen LogP contribution in [0.25, 0.3) is 0 Å². The number of nitrogens with one attached hydrogen (secondary N) is 2. The zero-order chi connectivity index (χ0) is 21.2. The quantitative estimate of drug-likeness (QED) is 0.742. The molecule has 9 nitrogen and oxygen atoms in total.